The van der Waals surface area contributed by atoms with Crippen molar-refractivity contribution in [1.29, 1.82) is 0 Å². The van der Waals surface area contributed by atoms with Gasteiger partial charge in [-0.2, -0.15) is 0 Å². The highest BCUT2D eigenvalue weighted by Crippen LogP contribution is 2.46. The van der Waals surface area contributed by atoms with E-state index in [0.717, 1.165) is 59.2 Å². The Balaban J connectivity index is 1.54. The number of pyridine rings is 1. The average Bonchev–Trinajstić information content (AvgIpc) is 3.29. The van der Waals surface area contributed by atoms with Crippen molar-refractivity contribution in [2.24, 2.45) is 0 Å². The maximum atomic E-state index is 13.2. The van der Waals surface area contributed by atoms with Crippen LogP contribution in [0.1, 0.15) is 55.2 Å². The largest absolute Gasteiger partial charge is 0.481 e. The molecule has 35 heavy (non-hydrogen) atoms. The molecule has 182 valence electrons. The van der Waals surface area contributed by atoms with E-state index in [-0.39, 0.29) is 17.7 Å². The standard InChI is InChI=1S/C28H28Cl2N2O3/c1-18-19(7-10-27(34)35)5-4-6-25(18)32-26(33)15-28(11-2-3-12-28)21-8-9-23(24(30)14-21)20-13-22(29)17-31-16-20/h4-6,8-9,13-14,16-17H,2-3,7,10-12,15H2,1H3,(H,32,33)(H,34,35). The van der Waals surface area contributed by atoms with Crippen LogP contribution in [0.15, 0.2) is 54.9 Å². The van der Waals surface area contributed by atoms with Gasteiger partial charge in [0.25, 0.3) is 0 Å². The Morgan fingerprint density at radius 2 is 1.86 bits per heavy atom. The zero-order chi connectivity index (χ0) is 25.0. The second-order valence-electron chi connectivity index (χ2n) is 9.28. The summed E-state index contributed by atoms with van der Waals surface area (Å²) in [4.78, 5) is 28.3. The van der Waals surface area contributed by atoms with Crippen LogP contribution in [-0.4, -0.2) is 22.0 Å². The molecule has 1 fully saturated rings. The third-order valence-corrected chi connectivity index (χ3v) is 7.50. The number of hydrogen-bond donors (Lipinski definition) is 2. The predicted molar refractivity (Wildman–Crippen MR) is 140 cm³/mol. The lowest BCUT2D eigenvalue weighted by molar-refractivity contribution is -0.137. The molecule has 7 heteroatoms. The molecule has 0 atom stereocenters. The number of benzene rings is 2. The Morgan fingerprint density at radius 1 is 1.09 bits per heavy atom. The van der Waals surface area contributed by atoms with Gasteiger partial charge < -0.3 is 10.4 Å². The molecule has 0 spiro atoms. The van der Waals surface area contributed by atoms with Crippen molar-refractivity contribution in [3.8, 4) is 11.1 Å². The molecule has 1 heterocycles. The molecule has 0 aliphatic heterocycles. The molecule has 4 rings (SSSR count). The van der Waals surface area contributed by atoms with E-state index in [4.69, 9.17) is 28.3 Å². The smallest absolute Gasteiger partial charge is 0.303 e. The van der Waals surface area contributed by atoms with Gasteiger partial charge in [-0.3, -0.25) is 14.6 Å². The van der Waals surface area contributed by atoms with Crippen molar-refractivity contribution < 1.29 is 14.7 Å². The number of aromatic nitrogens is 1. The predicted octanol–water partition coefficient (Wildman–Crippen LogP) is 7.22. The van der Waals surface area contributed by atoms with Crippen LogP contribution in [0.25, 0.3) is 11.1 Å². The monoisotopic (exact) mass is 510 g/mol. The summed E-state index contributed by atoms with van der Waals surface area (Å²) in [7, 11) is 0. The van der Waals surface area contributed by atoms with E-state index in [1.807, 2.05) is 43.3 Å². The lowest BCUT2D eigenvalue weighted by Gasteiger charge is -2.30. The molecule has 1 aliphatic carbocycles. The Bertz CT molecular complexity index is 1250. The van der Waals surface area contributed by atoms with Crippen molar-refractivity contribution in [2.45, 2.75) is 57.3 Å². The van der Waals surface area contributed by atoms with Crippen LogP contribution in [0.3, 0.4) is 0 Å². The number of carbonyl (C=O) groups excluding carboxylic acids is 1. The van der Waals surface area contributed by atoms with Crippen molar-refractivity contribution in [2.75, 3.05) is 5.32 Å². The van der Waals surface area contributed by atoms with E-state index in [2.05, 4.69) is 16.4 Å². The molecular formula is C28H28Cl2N2O3. The van der Waals surface area contributed by atoms with Gasteiger partial charge in [-0.05, 0) is 61.1 Å². The van der Waals surface area contributed by atoms with Gasteiger partial charge in [-0.1, -0.05) is 60.3 Å². The van der Waals surface area contributed by atoms with Gasteiger partial charge in [0, 0.05) is 52.5 Å². The number of aliphatic carboxylic acids is 1. The number of anilines is 1. The second-order valence-corrected chi connectivity index (χ2v) is 10.1. The number of nitrogens with one attached hydrogen (secondary N) is 1. The van der Waals surface area contributed by atoms with Crippen LogP contribution >= 0.6 is 23.2 Å². The van der Waals surface area contributed by atoms with Gasteiger partial charge >= 0.3 is 5.97 Å². The minimum absolute atomic E-state index is 0.0513. The maximum absolute atomic E-state index is 13.2. The number of halogens is 2. The van der Waals surface area contributed by atoms with E-state index in [9.17, 15) is 9.59 Å². The summed E-state index contributed by atoms with van der Waals surface area (Å²) in [5, 5.41) is 13.2. The minimum atomic E-state index is -0.835. The molecule has 2 aromatic carbocycles. The minimum Gasteiger partial charge on any atom is -0.481 e. The van der Waals surface area contributed by atoms with Crippen molar-refractivity contribution in [3.63, 3.8) is 0 Å². The number of carbonyl (C=O) groups is 2. The van der Waals surface area contributed by atoms with E-state index < -0.39 is 5.97 Å². The van der Waals surface area contributed by atoms with Crippen LogP contribution in [0.4, 0.5) is 5.69 Å². The number of rotatable bonds is 8. The summed E-state index contributed by atoms with van der Waals surface area (Å²) < 4.78 is 0. The summed E-state index contributed by atoms with van der Waals surface area (Å²) in [5.74, 6) is -0.886. The van der Waals surface area contributed by atoms with E-state index in [1.54, 1.807) is 12.4 Å². The number of hydrogen-bond acceptors (Lipinski definition) is 3. The summed E-state index contributed by atoms with van der Waals surface area (Å²) >= 11 is 12.8. The van der Waals surface area contributed by atoms with E-state index >= 15 is 0 Å². The van der Waals surface area contributed by atoms with Crippen molar-refractivity contribution >= 4 is 40.8 Å². The topological polar surface area (TPSA) is 79.3 Å². The number of nitrogens with zero attached hydrogens (tertiary/aromatic N) is 1. The summed E-state index contributed by atoms with van der Waals surface area (Å²) in [6, 6.07) is 13.5. The number of amides is 1. The molecule has 0 unspecified atom stereocenters. The van der Waals surface area contributed by atoms with Gasteiger partial charge in [0.1, 0.15) is 0 Å². The third kappa shape index (κ3) is 5.85. The summed E-state index contributed by atoms with van der Waals surface area (Å²) in [5.41, 5.74) is 5.08. The van der Waals surface area contributed by atoms with Crippen LogP contribution in [-0.2, 0) is 21.4 Å². The lowest BCUT2D eigenvalue weighted by atomic mass is 9.75. The lowest BCUT2D eigenvalue weighted by Crippen LogP contribution is -2.29. The zero-order valence-electron chi connectivity index (χ0n) is 19.6. The molecule has 1 aromatic heterocycles. The first-order chi connectivity index (χ1) is 16.8. The van der Waals surface area contributed by atoms with E-state index in [1.165, 1.54) is 0 Å². The zero-order valence-corrected chi connectivity index (χ0v) is 21.1. The van der Waals surface area contributed by atoms with Gasteiger partial charge in [0.15, 0.2) is 0 Å². The SMILES string of the molecule is Cc1c(CCC(=O)O)cccc1NC(=O)CC1(c2ccc(-c3cncc(Cl)c3)c(Cl)c2)CCCC1. The summed E-state index contributed by atoms with van der Waals surface area (Å²) in [6.45, 7) is 1.92. The summed E-state index contributed by atoms with van der Waals surface area (Å²) in [6.07, 6.45) is 8.15. The van der Waals surface area contributed by atoms with Crippen LogP contribution in [0.5, 0.6) is 0 Å². The molecule has 0 radical (unpaired) electrons. The highest BCUT2D eigenvalue weighted by molar-refractivity contribution is 6.33. The van der Waals surface area contributed by atoms with E-state index in [0.29, 0.717) is 22.9 Å². The highest BCUT2D eigenvalue weighted by Gasteiger charge is 2.38. The highest BCUT2D eigenvalue weighted by atomic mass is 35.5. The molecule has 0 saturated heterocycles. The van der Waals surface area contributed by atoms with Crippen LogP contribution < -0.4 is 5.32 Å². The van der Waals surface area contributed by atoms with Gasteiger partial charge in [0.2, 0.25) is 5.91 Å². The third-order valence-electron chi connectivity index (χ3n) is 6.99. The fraction of sp³-hybridized carbons (Fsp3) is 0.321. The van der Waals surface area contributed by atoms with Gasteiger partial charge in [-0.25, -0.2) is 0 Å². The fourth-order valence-electron chi connectivity index (χ4n) is 5.09. The van der Waals surface area contributed by atoms with Crippen molar-refractivity contribution in [3.05, 3.63) is 81.6 Å². The first-order valence-corrected chi connectivity index (χ1v) is 12.5. The second kappa shape index (κ2) is 10.8. The molecular weight excluding hydrogens is 483 g/mol. The molecule has 0 bridgehead atoms. The average molecular weight is 511 g/mol. The van der Waals surface area contributed by atoms with Crippen LogP contribution in [0.2, 0.25) is 10.0 Å². The first kappa shape index (κ1) is 25.2. The first-order valence-electron chi connectivity index (χ1n) is 11.8. The Morgan fingerprint density at radius 3 is 2.54 bits per heavy atom. The van der Waals surface area contributed by atoms with Crippen molar-refractivity contribution in [1.82, 2.24) is 4.98 Å². The molecule has 1 aliphatic rings. The Hall–Kier alpha value is -2.89. The number of carboxylic acid groups (broad SMARTS) is 1. The van der Waals surface area contributed by atoms with Gasteiger partial charge in [-0.15, -0.1) is 0 Å². The number of aryl methyl sites for hydroxylation is 1. The number of carboxylic acids is 1. The molecule has 5 nitrogen and oxygen atoms in total. The molecule has 3 aromatic rings. The molecule has 1 amide bonds. The fourth-order valence-corrected chi connectivity index (χ4v) is 5.55. The Kier molecular flexibility index (Phi) is 7.78. The van der Waals surface area contributed by atoms with Gasteiger partial charge in [0.05, 0.1) is 5.02 Å². The normalized spacial score (nSPS) is 14.6. The quantitative estimate of drug-likeness (QED) is 0.335. The Labute approximate surface area is 215 Å². The van der Waals surface area contributed by atoms with Crippen LogP contribution in [0, 0.1) is 6.92 Å². The molecule has 1 saturated carbocycles. The maximum Gasteiger partial charge on any atom is 0.303 e. The molecule has 2 N–H and O–H groups in total.